The van der Waals surface area contributed by atoms with Gasteiger partial charge in [0.25, 0.3) is 11.8 Å². The molecular formula is C21H27N3O4S2. The summed E-state index contributed by atoms with van der Waals surface area (Å²) in [6, 6.07) is 8.31. The lowest BCUT2D eigenvalue weighted by Gasteiger charge is -2.17. The van der Waals surface area contributed by atoms with Crippen molar-refractivity contribution in [3.8, 4) is 0 Å². The number of amides is 2. The molecule has 0 bridgehead atoms. The van der Waals surface area contributed by atoms with E-state index in [2.05, 4.69) is 10.9 Å². The smallest absolute Gasteiger partial charge is 0.272 e. The molecule has 1 aliphatic carbocycles. The van der Waals surface area contributed by atoms with Crippen molar-refractivity contribution in [3.63, 3.8) is 0 Å². The third-order valence-corrected chi connectivity index (χ3v) is 8.18. The van der Waals surface area contributed by atoms with Gasteiger partial charge in [0.05, 0.1) is 16.3 Å². The van der Waals surface area contributed by atoms with Gasteiger partial charge in [-0.25, -0.2) is 8.42 Å². The lowest BCUT2D eigenvalue weighted by molar-refractivity contribution is -0.121. The van der Waals surface area contributed by atoms with Crippen LogP contribution in [0.25, 0.3) is 0 Å². The second kappa shape index (κ2) is 9.72. The zero-order valence-corrected chi connectivity index (χ0v) is 18.9. The fourth-order valence-corrected chi connectivity index (χ4v) is 5.64. The van der Waals surface area contributed by atoms with Crippen LogP contribution >= 0.6 is 11.3 Å². The van der Waals surface area contributed by atoms with Gasteiger partial charge < -0.3 is 0 Å². The Balaban J connectivity index is 1.55. The molecule has 0 aliphatic heterocycles. The fraction of sp³-hybridized carbons (Fsp3) is 0.429. The highest BCUT2D eigenvalue weighted by Gasteiger charge is 2.23. The van der Waals surface area contributed by atoms with Crippen LogP contribution in [0.15, 0.2) is 35.2 Å². The average molecular weight is 450 g/mol. The maximum atomic E-state index is 12.6. The number of thiophene rings is 1. The normalized spacial score (nSPS) is 14.5. The molecule has 7 nitrogen and oxygen atoms in total. The molecule has 2 amide bonds. The van der Waals surface area contributed by atoms with Crippen LogP contribution in [0.4, 0.5) is 0 Å². The summed E-state index contributed by atoms with van der Waals surface area (Å²) in [5.41, 5.74) is 6.87. The summed E-state index contributed by atoms with van der Waals surface area (Å²) in [6.07, 6.45) is 6.66. The molecule has 3 rings (SSSR count). The average Bonchev–Trinajstić information content (AvgIpc) is 3.08. The zero-order valence-electron chi connectivity index (χ0n) is 17.2. The molecule has 9 heteroatoms. The van der Waals surface area contributed by atoms with E-state index in [1.165, 1.54) is 53.8 Å². The van der Waals surface area contributed by atoms with Crippen LogP contribution in [-0.2, 0) is 27.7 Å². The van der Waals surface area contributed by atoms with Gasteiger partial charge in [0.1, 0.15) is 0 Å². The lowest BCUT2D eigenvalue weighted by atomic mass is 10.00. The minimum Gasteiger partial charge on any atom is -0.272 e. The van der Waals surface area contributed by atoms with Crippen LogP contribution in [0.3, 0.4) is 0 Å². The first-order valence-corrected chi connectivity index (χ1v) is 12.3. The van der Waals surface area contributed by atoms with Crippen molar-refractivity contribution in [1.29, 1.82) is 0 Å². The highest BCUT2D eigenvalue weighted by atomic mass is 32.2. The molecule has 0 spiro atoms. The minimum absolute atomic E-state index is 0.114. The number of likely N-dealkylation sites (N-methyl/N-ethyl adjacent to an activating group) is 1. The van der Waals surface area contributed by atoms with E-state index in [0.717, 1.165) is 35.6 Å². The van der Waals surface area contributed by atoms with Crippen molar-refractivity contribution < 1.29 is 18.0 Å². The molecule has 162 valence electrons. The maximum Gasteiger partial charge on any atom is 0.279 e. The highest BCUT2D eigenvalue weighted by Crippen LogP contribution is 2.28. The van der Waals surface area contributed by atoms with Crippen LogP contribution in [0.1, 0.15) is 51.4 Å². The van der Waals surface area contributed by atoms with Crippen molar-refractivity contribution in [3.05, 3.63) is 51.2 Å². The third kappa shape index (κ3) is 5.47. The molecule has 1 aliphatic rings. The van der Waals surface area contributed by atoms with Crippen molar-refractivity contribution in [2.75, 3.05) is 13.6 Å². The van der Waals surface area contributed by atoms with E-state index in [4.69, 9.17) is 0 Å². The first kappa shape index (κ1) is 22.5. The number of hydrogen-bond donors (Lipinski definition) is 2. The van der Waals surface area contributed by atoms with Crippen LogP contribution in [0, 0.1) is 6.92 Å². The Morgan fingerprint density at radius 1 is 1.03 bits per heavy atom. The Morgan fingerprint density at radius 2 is 1.70 bits per heavy atom. The predicted molar refractivity (Wildman–Crippen MR) is 117 cm³/mol. The summed E-state index contributed by atoms with van der Waals surface area (Å²) >= 11 is 1.46. The van der Waals surface area contributed by atoms with Crippen molar-refractivity contribution in [2.45, 2.75) is 50.3 Å². The topological polar surface area (TPSA) is 95.6 Å². The fourth-order valence-electron chi connectivity index (χ4n) is 3.36. The predicted octanol–water partition coefficient (Wildman–Crippen LogP) is 2.80. The number of fused-ring (bicyclic) bond motifs is 1. The summed E-state index contributed by atoms with van der Waals surface area (Å²) < 4.78 is 26.1. The Bertz CT molecular complexity index is 988. The van der Waals surface area contributed by atoms with Crippen molar-refractivity contribution in [1.82, 2.24) is 15.2 Å². The van der Waals surface area contributed by atoms with Gasteiger partial charge in [-0.3, -0.25) is 20.4 Å². The second-order valence-corrected chi connectivity index (χ2v) is 10.7. The van der Waals surface area contributed by atoms with Gasteiger partial charge in [-0.1, -0.05) is 30.5 Å². The molecular weight excluding hydrogens is 422 g/mol. The van der Waals surface area contributed by atoms with Gasteiger partial charge in [0.15, 0.2) is 0 Å². The van der Waals surface area contributed by atoms with Gasteiger partial charge in [-0.2, -0.15) is 4.31 Å². The van der Waals surface area contributed by atoms with Crippen LogP contribution < -0.4 is 10.9 Å². The number of rotatable bonds is 5. The minimum atomic E-state index is -3.79. The Labute approximate surface area is 181 Å². The Morgan fingerprint density at radius 3 is 2.40 bits per heavy atom. The van der Waals surface area contributed by atoms with Gasteiger partial charge in [-0.15, -0.1) is 11.3 Å². The van der Waals surface area contributed by atoms with Gasteiger partial charge >= 0.3 is 0 Å². The van der Waals surface area contributed by atoms with E-state index in [1.54, 1.807) is 12.1 Å². The molecule has 0 radical (unpaired) electrons. The quantitative estimate of drug-likeness (QED) is 0.686. The van der Waals surface area contributed by atoms with Crippen molar-refractivity contribution in [2.24, 2.45) is 0 Å². The molecule has 0 atom stereocenters. The summed E-state index contributed by atoms with van der Waals surface area (Å²) in [5, 5.41) is 0. The molecule has 2 aromatic rings. The van der Waals surface area contributed by atoms with Crippen molar-refractivity contribution >= 4 is 33.2 Å². The third-order valence-electron chi connectivity index (χ3n) is 5.13. The first-order chi connectivity index (χ1) is 14.3. The largest absolute Gasteiger partial charge is 0.279 e. The van der Waals surface area contributed by atoms with Gasteiger partial charge in [-0.05, 0) is 56.4 Å². The number of nitrogens with one attached hydrogen (secondary N) is 2. The second-order valence-electron chi connectivity index (χ2n) is 7.55. The molecule has 1 aromatic carbocycles. The summed E-state index contributed by atoms with van der Waals surface area (Å²) in [7, 11) is -2.46. The number of carbonyl (C=O) groups is 2. The summed E-state index contributed by atoms with van der Waals surface area (Å²) in [5.74, 6) is -0.999. The lowest BCUT2D eigenvalue weighted by Crippen LogP contribution is -2.46. The molecule has 1 heterocycles. The Hall–Kier alpha value is -2.23. The molecule has 0 unspecified atom stereocenters. The summed E-state index contributed by atoms with van der Waals surface area (Å²) in [4.78, 5) is 26.5. The molecule has 0 saturated carbocycles. The van der Waals surface area contributed by atoms with E-state index in [9.17, 15) is 18.0 Å². The molecule has 30 heavy (non-hydrogen) atoms. The summed E-state index contributed by atoms with van der Waals surface area (Å²) in [6.45, 7) is 1.46. The van der Waals surface area contributed by atoms with E-state index in [0.29, 0.717) is 4.88 Å². The van der Waals surface area contributed by atoms with Crippen LogP contribution in [0.2, 0.25) is 0 Å². The number of hydrazine groups is 1. The van der Waals surface area contributed by atoms with E-state index >= 15 is 0 Å². The standard InChI is InChI=1S/C21H27N3O4S2/c1-15-9-11-17(12-10-15)30(27,28)24(2)14-20(25)22-23-21(26)19-13-16-7-5-3-4-6-8-18(16)29-19/h9-13H,3-8,14H2,1-2H3,(H,22,25)(H,23,26). The van der Waals surface area contributed by atoms with Crippen LogP contribution in [-0.4, -0.2) is 38.1 Å². The number of hydrogen-bond acceptors (Lipinski definition) is 5. The van der Waals surface area contributed by atoms with E-state index < -0.39 is 22.5 Å². The highest BCUT2D eigenvalue weighted by molar-refractivity contribution is 7.89. The number of nitrogens with zero attached hydrogens (tertiary/aromatic N) is 1. The van der Waals surface area contributed by atoms with Crippen LogP contribution in [0.5, 0.6) is 0 Å². The van der Waals surface area contributed by atoms with E-state index in [1.807, 2.05) is 13.0 Å². The van der Waals surface area contributed by atoms with Gasteiger partial charge in [0.2, 0.25) is 10.0 Å². The molecule has 0 saturated heterocycles. The molecule has 0 fully saturated rings. The monoisotopic (exact) mass is 449 g/mol. The Kier molecular flexibility index (Phi) is 7.27. The van der Waals surface area contributed by atoms with E-state index in [-0.39, 0.29) is 10.8 Å². The number of carbonyl (C=O) groups excluding carboxylic acids is 2. The van der Waals surface area contributed by atoms with Gasteiger partial charge in [0, 0.05) is 11.9 Å². The number of sulfonamides is 1. The molecule has 1 aromatic heterocycles. The molecule has 2 N–H and O–H groups in total. The zero-order chi connectivity index (χ0) is 21.7. The number of benzene rings is 1. The maximum absolute atomic E-state index is 12.6. The first-order valence-electron chi connectivity index (χ1n) is 10.0. The SMILES string of the molecule is Cc1ccc(S(=O)(=O)N(C)CC(=O)NNC(=O)c2cc3c(s2)CCCCCC3)cc1. The number of aryl methyl sites for hydroxylation is 3.